The number of piperidine rings is 3. The first-order chi connectivity index (χ1) is 10.4. The highest BCUT2D eigenvalue weighted by atomic mass is 32.2. The molecule has 0 aromatic heterocycles. The Morgan fingerprint density at radius 2 is 1.77 bits per heavy atom. The van der Waals surface area contributed by atoms with E-state index >= 15 is 0 Å². The molecule has 2 bridgehead atoms. The molecule has 3 saturated heterocycles. The van der Waals surface area contributed by atoms with Gasteiger partial charge in [-0.1, -0.05) is 0 Å². The maximum atomic E-state index is 13.0. The summed E-state index contributed by atoms with van der Waals surface area (Å²) in [5.74, 6) is -0.700. The molecule has 0 aromatic rings. The highest BCUT2D eigenvalue weighted by molar-refractivity contribution is 7.86. The van der Waals surface area contributed by atoms with Crippen LogP contribution in [-0.4, -0.2) is 66.5 Å². The van der Waals surface area contributed by atoms with Crippen LogP contribution >= 0.6 is 0 Å². The van der Waals surface area contributed by atoms with Gasteiger partial charge in [0.25, 0.3) is 10.2 Å². The third-order valence-corrected chi connectivity index (χ3v) is 7.64. The summed E-state index contributed by atoms with van der Waals surface area (Å²) in [4.78, 5) is 11.8. The molecule has 8 heteroatoms. The van der Waals surface area contributed by atoms with Crippen LogP contribution in [0.25, 0.3) is 0 Å². The molecular formula is C14H24N2O5S. The topological polar surface area (TPSA) is 87.2 Å². The molecule has 0 aromatic carbocycles. The van der Waals surface area contributed by atoms with E-state index in [9.17, 15) is 18.3 Å². The molecule has 0 spiro atoms. The molecule has 1 N–H and O–H groups in total. The van der Waals surface area contributed by atoms with Crippen molar-refractivity contribution in [2.24, 2.45) is 5.92 Å². The highest BCUT2D eigenvalue weighted by Crippen LogP contribution is 2.45. The summed E-state index contributed by atoms with van der Waals surface area (Å²) in [6, 6.07) is 0. The summed E-state index contributed by atoms with van der Waals surface area (Å²) in [5, 5.41) is 9.68. The molecule has 4 aliphatic rings. The average molecular weight is 332 g/mol. The maximum Gasteiger partial charge on any atom is 0.325 e. The number of aliphatic carboxylic acids is 1. The van der Waals surface area contributed by atoms with Gasteiger partial charge in [0, 0.05) is 26.7 Å². The van der Waals surface area contributed by atoms with Crippen LogP contribution in [0.1, 0.15) is 38.5 Å². The number of ether oxygens (including phenoxy) is 1. The van der Waals surface area contributed by atoms with E-state index in [4.69, 9.17) is 4.74 Å². The van der Waals surface area contributed by atoms with Crippen molar-refractivity contribution < 1.29 is 23.1 Å². The largest absolute Gasteiger partial charge is 0.480 e. The van der Waals surface area contributed by atoms with Crippen LogP contribution in [0, 0.1) is 5.92 Å². The van der Waals surface area contributed by atoms with Gasteiger partial charge in [-0.3, -0.25) is 4.79 Å². The van der Waals surface area contributed by atoms with Crippen LogP contribution in [0.5, 0.6) is 0 Å². The molecule has 4 fully saturated rings. The molecule has 0 radical (unpaired) electrons. The second kappa shape index (κ2) is 5.74. The number of carboxylic acids is 1. The summed E-state index contributed by atoms with van der Waals surface area (Å²) in [6.45, 7) is 1.15. The summed E-state index contributed by atoms with van der Waals surface area (Å²) in [6.07, 6.45) is 3.90. The van der Waals surface area contributed by atoms with Crippen molar-refractivity contribution in [3.63, 3.8) is 0 Å². The molecule has 0 atom stereocenters. The Morgan fingerprint density at radius 1 is 1.18 bits per heavy atom. The second-order valence-electron chi connectivity index (χ2n) is 6.65. The standard InChI is InChI=1S/C14H24N2O5S/c1-21-12-4-8-15(9-5-12)22(19,20)16-10-11-2-6-14(16,7-3-11)13(17)18/h11-12H,2-10H2,1H3,(H,17,18). The minimum absolute atomic E-state index is 0.0951. The van der Waals surface area contributed by atoms with E-state index in [0.717, 1.165) is 12.8 Å². The van der Waals surface area contributed by atoms with Crippen LogP contribution < -0.4 is 0 Å². The Morgan fingerprint density at radius 3 is 2.27 bits per heavy atom. The number of fused-ring (bicyclic) bond motifs is 3. The number of carboxylic acid groups (broad SMARTS) is 1. The average Bonchev–Trinajstić information content (AvgIpc) is 2.55. The molecule has 22 heavy (non-hydrogen) atoms. The molecule has 0 unspecified atom stereocenters. The van der Waals surface area contributed by atoms with Gasteiger partial charge in [-0.05, 0) is 44.4 Å². The van der Waals surface area contributed by atoms with Gasteiger partial charge in [0.15, 0.2) is 0 Å². The summed E-state index contributed by atoms with van der Waals surface area (Å²) in [5.41, 5.74) is -1.23. The number of rotatable bonds is 4. The Bertz CT molecular complexity index is 533. The predicted octanol–water partition coefficient (Wildman–Crippen LogP) is 0.671. The molecule has 126 valence electrons. The van der Waals surface area contributed by atoms with E-state index in [-0.39, 0.29) is 6.10 Å². The maximum absolute atomic E-state index is 13.0. The zero-order valence-corrected chi connectivity index (χ0v) is 13.7. The minimum Gasteiger partial charge on any atom is -0.480 e. The quantitative estimate of drug-likeness (QED) is 0.818. The molecule has 1 aliphatic carbocycles. The number of nitrogens with zero attached hydrogens (tertiary/aromatic N) is 2. The van der Waals surface area contributed by atoms with E-state index in [1.165, 1.54) is 8.61 Å². The van der Waals surface area contributed by atoms with Crippen molar-refractivity contribution in [2.75, 3.05) is 26.7 Å². The van der Waals surface area contributed by atoms with Crippen molar-refractivity contribution in [2.45, 2.75) is 50.2 Å². The van der Waals surface area contributed by atoms with Crippen LogP contribution in [-0.2, 0) is 19.7 Å². The summed E-state index contributed by atoms with van der Waals surface area (Å²) in [7, 11) is -2.08. The SMILES string of the molecule is COC1CCN(S(=O)(=O)N2CC3CCC2(C(=O)O)CC3)CC1. The highest BCUT2D eigenvalue weighted by Gasteiger charge is 2.57. The van der Waals surface area contributed by atoms with Gasteiger partial charge < -0.3 is 9.84 Å². The van der Waals surface area contributed by atoms with Crippen LogP contribution in [0.3, 0.4) is 0 Å². The molecule has 0 amide bonds. The van der Waals surface area contributed by atoms with Crippen LogP contribution in [0.15, 0.2) is 0 Å². The fourth-order valence-electron chi connectivity index (χ4n) is 4.07. The monoisotopic (exact) mass is 332 g/mol. The number of hydrogen-bond donors (Lipinski definition) is 1. The summed E-state index contributed by atoms with van der Waals surface area (Å²) < 4.78 is 34.0. The lowest BCUT2D eigenvalue weighted by molar-refractivity contribution is -0.155. The molecule has 3 heterocycles. The van der Waals surface area contributed by atoms with Crippen molar-refractivity contribution in [1.82, 2.24) is 8.61 Å². The third-order valence-electron chi connectivity index (χ3n) is 5.57. The van der Waals surface area contributed by atoms with Crippen molar-refractivity contribution in [3.05, 3.63) is 0 Å². The van der Waals surface area contributed by atoms with Gasteiger partial charge in [-0.2, -0.15) is 17.0 Å². The molecule has 1 saturated carbocycles. The van der Waals surface area contributed by atoms with E-state index in [2.05, 4.69) is 0 Å². The predicted molar refractivity (Wildman–Crippen MR) is 79.6 cm³/mol. The van der Waals surface area contributed by atoms with Crippen molar-refractivity contribution in [3.8, 4) is 0 Å². The van der Waals surface area contributed by atoms with E-state index < -0.39 is 21.7 Å². The minimum atomic E-state index is -3.72. The fraction of sp³-hybridized carbons (Fsp3) is 0.929. The summed E-state index contributed by atoms with van der Waals surface area (Å²) >= 11 is 0. The van der Waals surface area contributed by atoms with E-state index in [1.54, 1.807) is 7.11 Å². The van der Waals surface area contributed by atoms with Crippen molar-refractivity contribution >= 4 is 16.2 Å². The van der Waals surface area contributed by atoms with Crippen LogP contribution in [0.4, 0.5) is 0 Å². The lowest BCUT2D eigenvalue weighted by atomic mass is 9.72. The smallest absolute Gasteiger partial charge is 0.325 e. The molecule has 4 rings (SSSR count). The number of carbonyl (C=O) groups is 1. The molecular weight excluding hydrogens is 308 g/mol. The lowest BCUT2D eigenvalue weighted by Crippen LogP contribution is -2.66. The second-order valence-corrected chi connectivity index (χ2v) is 8.51. The van der Waals surface area contributed by atoms with Gasteiger partial charge in [0.2, 0.25) is 0 Å². The Balaban J connectivity index is 1.84. The normalized spacial score (nSPS) is 34.9. The van der Waals surface area contributed by atoms with E-state index in [0.29, 0.717) is 51.2 Å². The molecule has 7 nitrogen and oxygen atoms in total. The van der Waals surface area contributed by atoms with Gasteiger partial charge in [0.05, 0.1) is 6.10 Å². The van der Waals surface area contributed by atoms with E-state index in [1.807, 2.05) is 0 Å². The molecule has 3 aliphatic heterocycles. The third kappa shape index (κ3) is 2.46. The van der Waals surface area contributed by atoms with Gasteiger partial charge in [-0.25, -0.2) is 0 Å². The zero-order chi connectivity index (χ0) is 16.0. The Hall–Kier alpha value is -0.700. The number of methoxy groups -OCH3 is 1. The fourth-order valence-corrected chi connectivity index (χ4v) is 6.12. The Kier molecular flexibility index (Phi) is 4.22. The van der Waals surface area contributed by atoms with Gasteiger partial charge in [0.1, 0.15) is 5.54 Å². The number of hydrogen-bond acceptors (Lipinski definition) is 4. The van der Waals surface area contributed by atoms with Crippen LogP contribution in [0.2, 0.25) is 0 Å². The first kappa shape index (κ1) is 16.2. The zero-order valence-electron chi connectivity index (χ0n) is 12.9. The van der Waals surface area contributed by atoms with Gasteiger partial charge >= 0.3 is 5.97 Å². The first-order valence-corrected chi connectivity index (χ1v) is 9.34. The first-order valence-electron chi connectivity index (χ1n) is 7.94. The Labute approximate surface area is 131 Å². The lowest BCUT2D eigenvalue weighted by Gasteiger charge is -2.52. The van der Waals surface area contributed by atoms with Gasteiger partial charge in [-0.15, -0.1) is 0 Å². The van der Waals surface area contributed by atoms with Crippen molar-refractivity contribution in [1.29, 1.82) is 0 Å².